The minimum Gasteiger partial charge on any atom is -0.456 e. The molecule has 0 saturated carbocycles. The number of benzene rings is 2. The Morgan fingerprint density at radius 2 is 1.21 bits per heavy atom. The van der Waals surface area contributed by atoms with Crippen LogP contribution < -0.4 is 0 Å². The Balaban J connectivity index is 1.23. The SMILES string of the molecule is CCCCCCc1ccc(C(=O)O[C@@H]2OC[C@H]3[C@@H]2OC[C@@H]3OC(=O)c2ccc(CCCCCC)cc2)cc1. The van der Waals surface area contributed by atoms with E-state index >= 15 is 0 Å². The van der Waals surface area contributed by atoms with E-state index in [-0.39, 0.29) is 18.5 Å². The van der Waals surface area contributed by atoms with Gasteiger partial charge in [-0.1, -0.05) is 76.6 Å². The molecule has 2 aliphatic heterocycles. The van der Waals surface area contributed by atoms with Gasteiger partial charge in [0.15, 0.2) is 0 Å². The van der Waals surface area contributed by atoms with Crippen LogP contribution in [0.4, 0.5) is 0 Å². The molecule has 0 N–H and O–H groups in total. The number of esters is 2. The second kappa shape index (κ2) is 14.5. The number of hydrogen-bond donors (Lipinski definition) is 0. The molecule has 6 heteroatoms. The summed E-state index contributed by atoms with van der Waals surface area (Å²) in [6, 6.07) is 15.3. The summed E-state index contributed by atoms with van der Waals surface area (Å²) in [6.07, 6.45) is 10.1. The molecule has 2 heterocycles. The van der Waals surface area contributed by atoms with E-state index in [1.54, 1.807) is 12.1 Å². The van der Waals surface area contributed by atoms with Crippen molar-refractivity contribution in [2.75, 3.05) is 13.2 Å². The van der Waals surface area contributed by atoms with E-state index in [0.29, 0.717) is 17.7 Å². The number of carbonyl (C=O) groups excluding carboxylic acids is 2. The van der Waals surface area contributed by atoms with Gasteiger partial charge in [-0.3, -0.25) is 0 Å². The van der Waals surface area contributed by atoms with Crippen LogP contribution in [0.2, 0.25) is 0 Å². The van der Waals surface area contributed by atoms with Crippen molar-refractivity contribution in [1.29, 1.82) is 0 Å². The first kappa shape index (κ1) is 28.3. The molecule has 2 fully saturated rings. The van der Waals surface area contributed by atoms with Crippen molar-refractivity contribution in [2.45, 2.75) is 96.6 Å². The number of hydrogen-bond acceptors (Lipinski definition) is 6. The van der Waals surface area contributed by atoms with E-state index < -0.39 is 24.5 Å². The van der Waals surface area contributed by atoms with Gasteiger partial charge in [0.25, 0.3) is 0 Å². The number of unbranched alkanes of at least 4 members (excludes halogenated alkanes) is 6. The normalized spacial score (nSPS) is 22.3. The highest BCUT2D eigenvalue weighted by atomic mass is 16.7. The lowest BCUT2D eigenvalue weighted by atomic mass is 10.0. The van der Waals surface area contributed by atoms with Gasteiger partial charge in [-0.2, -0.15) is 0 Å². The highest BCUT2D eigenvalue weighted by Gasteiger charge is 2.51. The molecule has 0 bridgehead atoms. The highest BCUT2D eigenvalue weighted by molar-refractivity contribution is 5.90. The van der Waals surface area contributed by atoms with Crippen molar-refractivity contribution < 1.29 is 28.5 Å². The molecule has 0 aromatic heterocycles. The molecule has 0 radical (unpaired) electrons. The summed E-state index contributed by atoms with van der Waals surface area (Å²) in [5.41, 5.74) is 3.48. The summed E-state index contributed by atoms with van der Waals surface area (Å²) in [5, 5.41) is 0. The average molecular weight is 523 g/mol. The molecule has 0 spiro atoms. The van der Waals surface area contributed by atoms with Gasteiger partial charge in [0.05, 0.1) is 30.3 Å². The van der Waals surface area contributed by atoms with Gasteiger partial charge in [0.2, 0.25) is 6.29 Å². The number of aryl methyl sites for hydroxylation is 2. The Labute approximate surface area is 227 Å². The Kier molecular flexibility index (Phi) is 10.8. The highest BCUT2D eigenvalue weighted by Crippen LogP contribution is 2.35. The number of fused-ring (bicyclic) bond motifs is 1. The predicted molar refractivity (Wildman–Crippen MR) is 146 cm³/mol. The molecule has 4 rings (SSSR count). The first-order valence-electron chi connectivity index (χ1n) is 14.4. The maximum absolute atomic E-state index is 12.8. The lowest BCUT2D eigenvalue weighted by molar-refractivity contribution is -0.130. The standard InChI is InChI=1S/C32H42O6/c1-3-5-7-9-11-23-13-17-25(18-14-23)30(33)37-28-22-35-29-27(28)21-36-32(29)38-31(34)26-19-15-24(16-20-26)12-10-8-6-4-2/h13-20,27-29,32H,3-12,21-22H2,1-2H3/t27-,28+,29+,32+/m1/s1. The molecular formula is C32H42O6. The summed E-state index contributed by atoms with van der Waals surface area (Å²) in [6.45, 7) is 4.99. The van der Waals surface area contributed by atoms with Gasteiger partial charge >= 0.3 is 11.9 Å². The van der Waals surface area contributed by atoms with E-state index in [4.69, 9.17) is 18.9 Å². The van der Waals surface area contributed by atoms with E-state index in [1.807, 2.05) is 36.4 Å². The van der Waals surface area contributed by atoms with Gasteiger partial charge in [0.1, 0.15) is 12.2 Å². The molecule has 2 aliphatic rings. The maximum atomic E-state index is 12.8. The van der Waals surface area contributed by atoms with Crippen molar-refractivity contribution >= 4 is 11.9 Å². The summed E-state index contributed by atoms with van der Waals surface area (Å²) in [5.74, 6) is -0.973. The first-order chi connectivity index (χ1) is 18.6. The first-order valence-corrected chi connectivity index (χ1v) is 14.4. The largest absolute Gasteiger partial charge is 0.456 e. The Morgan fingerprint density at radius 3 is 1.74 bits per heavy atom. The molecule has 2 saturated heterocycles. The van der Waals surface area contributed by atoms with Crippen molar-refractivity contribution in [3.63, 3.8) is 0 Å². The third-order valence-corrected chi connectivity index (χ3v) is 7.57. The summed E-state index contributed by atoms with van der Waals surface area (Å²) >= 11 is 0. The van der Waals surface area contributed by atoms with Crippen LogP contribution in [0.25, 0.3) is 0 Å². The van der Waals surface area contributed by atoms with Crippen LogP contribution in [-0.4, -0.2) is 43.7 Å². The number of rotatable bonds is 14. The molecule has 4 atom stereocenters. The monoisotopic (exact) mass is 522 g/mol. The predicted octanol–water partition coefficient (Wildman–Crippen LogP) is 6.69. The van der Waals surface area contributed by atoms with Gasteiger partial charge in [-0.05, 0) is 61.1 Å². The Hall–Kier alpha value is -2.70. The van der Waals surface area contributed by atoms with E-state index in [1.165, 1.54) is 49.7 Å². The topological polar surface area (TPSA) is 71.1 Å². The molecule has 6 nitrogen and oxygen atoms in total. The van der Waals surface area contributed by atoms with Crippen molar-refractivity contribution in [2.24, 2.45) is 5.92 Å². The quantitative estimate of drug-likeness (QED) is 0.203. The summed E-state index contributed by atoms with van der Waals surface area (Å²) in [4.78, 5) is 25.5. The molecule has 2 aromatic carbocycles. The maximum Gasteiger partial charge on any atom is 0.340 e. The Morgan fingerprint density at radius 1 is 0.684 bits per heavy atom. The molecule has 38 heavy (non-hydrogen) atoms. The lowest BCUT2D eigenvalue weighted by Gasteiger charge is -2.17. The minimum atomic E-state index is -0.808. The zero-order valence-corrected chi connectivity index (χ0v) is 22.9. The van der Waals surface area contributed by atoms with Crippen LogP contribution in [0.15, 0.2) is 48.5 Å². The third kappa shape index (κ3) is 7.67. The minimum absolute atomic E-state index is 0.167. The fourth-order valence-corrected chi connectivity index (χ4v) is 5.18. The van der Waals surface area contributed by atoms with Crippen molar-refractivity contribution in [1.82, 2.24) is 0 Å². The van der Waals surface area contributed by atoms with Crippen LogP contribution >= 0.6 is 0 Å². The van der Waals surface area contributed by atoms with E-state index in [0.717, 1.165) is 25.7 Å². The van der Waals surface area contributed by atoms with Crippen LogP contribution in [0.1, 0.15) is 97.1 Å². The molecule has 0 amide bonds. The summed E-state index contributed by atoms with van der Waals surface area (Å²) < 4.78 is 23.0. The molecule has 206 valence electrons. The second-order valence-corrected chi connectivity index (χ2v) is 10.5. The van der Waals surface area contributed by atoms with Crippen molar-refractivity contribution in [3.8, 4) is 0 Å². The van der Waals surface area contributed by atoms with Gasteiger partial charge in [-0.25, -0.2) is 9.59 Å². The van der Waals surface area contributed by atoms with Crippen LogP contribution in [0.3, 0.4) is 0 Å². The van der Waals surface area contributed by atoms with Crippen molar-refractivity contribution in [3.05, 3.63) is 70.8 Å². The van der Waals surface area contributed by atoms with Crippen LogP contribution in [0, 0.1) is 5.92 Å². The van der Waals surface area contributed by atoms with E-state index in [2.05, 4.69) is 13.8 Å². The average Bonchev–Trinajstić information content (AvgIpc) is 3.53. The van der Waals surface area contributed by atoms with Gasteiger partial charge in [0, 0.05) is 0 Å². The van der Waals surface area contributed by atoms with Gasteiger partial charge < -0.3 is 18.9 Å². The number of ether oxygens (including phenoxy) is 4. The zero-order valence-electron chi connectivity index (χ0n) is 22.9. The molecule has 2 aromatic rings. The lowest BCUT2D eigenvalue weighted by Crippen LogP contribution is -2.32. The third-order valence-electron chi connectivity index (χ3n) is 7.57. The second-order valence-electron chi connectivity index (χ2n) is 10.5. The summed E-state index contributed by atoms with van der Waals surface area (Å²) in [7, 11) is 0. The fourth-order valence-electron chi connectivity index (χ4n) is 5.18. The van der Waals surface area contributed by atoms with Gasteiger partial charge in [-0.15, -0.1) is 0 Å². The molecule has 0 unspecified atom stereocenters. The Bertz CT molecular complexity index is 932. The van der Waals surface area contributed by atoms with Crippen LogP contribution in [-0.2, 0) is 31.8 Å². The molecule has 0 aliphatic carbocycles. The fraction of sp³-hybridized carbons (Fsp3) is 0.562. The number of carbonyl (C=O) groups is 2. The zero-order chi connectivity index (χ0) is 26.7. The molecular weight excluding hydrogens is 480 g/mol. The van der Waals surface area contributed by atoms with E-state index in [9.17, 15) is 9.59 Å². The smallest absolute Gasteiger partial charge is 0.340 e. The van der Waals surface area contributed by atoms with Crippen LogP contribution in [0.5, 0.6) is 0 Å².